The number of aryl methyl sites for hydroxylation is 1. The van der Waals surface area contributed by atoms with Crippen molar-refractivity contribution in [2.45, 2.75) is 24.3 Å². The molecule has 0 spiro atoms. The number of halogens is 1. The zero-order valence-corrected chi connectivity index (χ0v) is 14.3. The van der Waals surface area contributed by atoms with Crippen LogP contribution in [0.2, 0.25) is 0 Å². The van der Waals surface area contributed by atoms with Gasteiger partial charge in [0.1, 0.15) is 28.6 Å². The minimum atomic E-state index is -3.88. The van der Waals surface area contributed by atoms with Crippen LogP contribution in [-0.2, 0) is 10.0 Å². The quantitative estimate of drug-likeness (QED) is 0.834. The first-order valence-electron chi connectivity index (χ1n) is 7.70. The van der Waals surface area contributed by atoms with Gasteiger partial charge >= 0.3 is 0 Å². The van der Waals surface area contributed by atoms with E-state index in [1.165, 1.54) is 4.31 Å². The predicted octanol–water partition coefficient (Wildman–Crippen LogP) is 2.24. The number of benzene rings is 1. The Balaban J connectivity index is 1.80. The molecule has 1 aromatic carbocycles. The molecule has 130 valence electrons. The summed E-state index contributed by atoms with van der Waals surface area (Å²) in [6, 6.07) is 8.37. The van der Waals surface area contributed by atoms with Crippen LogP contribution in [0.1, 0.15) is 17.7 Å². The Bertz CT molecular complexity index is 940. The van der Waals surface area contributed by atoms with Gasteiger partial charge in [0, 0.05) is 12.7 Å². The highest BCUT2D eigenvalue weighted by atomic mass is 32.2. The maximum atomic E-state index is 13.3. The van der Waals surface area contributed by atoms with E-state index in [0.717, 1.165) is 23.9 Å². The summed E-state index contributed by atoms with van der Waals surface area (Å²) >= 11 is 0. The summed E-state index contributed by atoms with van der Waals surface area (Å²) in [5.41, 5.74) is 0.529. The van der Waals surface area contributed by atoms with Crippen molar-refractivity contribution >= 4 is 10.0 Å². The molecule has 2 heterocycles. The van der Waals surface area contributed by atoms with Crippen molar-refractivity contribution in [2.75, 3.05) is 13.1 Å². The lowest BCUT2D eigenvalue weighted by atomic mass is 10.2. The summed E-state index contributed by atoms with van der Waals surface area (Å²) in [7, 11) is -3.88. The van der Waals surface area contributed by atoms with E-state index in [1.54, 1.807) is 24.4 Å². The third kappa shape index (κ3) is 3.48. The zero-order valence-electron chi connectivity index (χ0n) is 13.5. The number of sulfonamides is 1. The first kappa shape index (κ1) is 17.3. The first-order valence-corrected chi connectivity index (χ1v) is 9.14. The van der Waals surface area contributed by atoms with Crippen LogP contribution in [0.3, 0.4) is 0 Å². The molecule has 1 saturated heterocycles. The molecule has 0 radical (unpaired) electrons. The molecule has 1 fully saturated rings. The summed E-state index contributed by atoms with van der Waals surface area (Å²) in [5.74, 6) is -0.0311. The molecule has 0 aliphatic carbocycles. The fourth-order valence-electron chi connectivity index (χ4n) is 2.74. The number of ether oxygens (including phenoxy) is 1. The van der Waals surface area contributed by atoms with Gasteiger partial charge < -0.3 is 4.74 Å². The van der Waals surface area contributed by atoms with Crippen LogP contribution < -0.4 is 4.74 Å². The van der Waals surface area contributed by atoms with Gasteiger partial charge in [0.15, 0.2) is 0 Å². The van der Waals surface area contributed by atoms with E-state index in [9.17, 15) is 12.8 Å². The SMILES string of the molecule is Cc1ncccc1OC1CCN(S(=O)(=O)c2ccc(F)cc2C#N)C1. The number of nitrogens with zero attached hydrogens (tertiary/aromatic N) is 3. The van der Waals surface area contributed by atoms with E-state index in [2.05, 4.69) is 4.98 Å². The fraction of sp³-hybridized carbons (Fsp3) is 0.294. The lowest BCUT2D eigenvalue weighted by Gasteiger charge is -2.18. The van der Waals surface area contributed by atoms with E-state index in [-0.39, 0.29) is 29.7 Å². The zero-order chi connectivity index (χ0) is 18.0. The maximum Gasteiger partial charge on any atom is 0.244 e. The highest BCUT2D eigenvalue weighted by molar-refractivity contribution is 7.89. The van der Waals surface area contributed by atoms with Gasteiger partial charge in [-0.2, -0.15) is 9.57 Å². The molecule has 25 heavy (non-hydrogen) atoms. The Labute approximate surface area is 145 Å². The monoisotopic (exact) mass is 361 g/mol. The number of nitriles is 1. The van der Waals surface area contributed by atoms with Gasteiger partial charge in [-0.15, -0.1) is 0 Å². The second-order valence-corrected chi connectivity index (χ2v) is 7.64. The third-order valence-corrected chi connectivity index (χ3v) is 5.96. The maximum absolute atomic E-state index is 13.3. The number of pyridine rings is 1. The molecule has 6 nitrogen and oxygen atoms in total. The molecule has 0 saturated carbocycles. The van der Waals surface area contributed by atoms with E-state index in [1.807, 2.05) is 6.92 Å². The van der Waals surface area contributed by atoms with Crippen molar-refractivity contribution in [3.63, 3.8) is 0 Å². The van der Waals surface area contributed by atoms with Crippen molar-refractivity contribution in [1.29, 1.82) is 5.26 Å². The average Bonchev–Trinajstić information content (AvgIpc) is 3.06. The van der Waals surface area contributed by atoms with Gasteiger partial charge in [0.25, 0.3) is 0 Å². The molecule has 1 aliphatic rings. The van der Waals surface area contributed by atoms with Crippen LogP contribution >= 0.6 is 0 Å². The Hall–Kier alpha value is -2.50. The second kappa shape index (κ2) is 6.78. The average molecular weight is 361 g/mol. The van der Waals surface area contributed by atoms with Gasteiger partial charge in [-0.25, -0.2) is 12.8 Å². The summed E-state index contributed by atoms with van der Waals surface area (Å²) in [4.78, 5) is 3.95. The van der Waals surface area contributed by atoms with Gasteiger partial charge in [0.2, 0.25) is 10.0 Å². The Morgan fingerprint density at radius 1 is 1.40 bits per heavy atom. The topological polar surface area (TPSA) is 83.3 Å². The molecule has 3 rings (SSSR count). The predicted molar refractivity (Wildman–Crippen MR) is 87.9 cm³/mol. The van der Waals surface area contributed by atoms with Gasteiger partial charge in [-0.1, -0.05) is 0 Å². The van der Waals surface area contributed by atoms with Crippen LogP contribution in [0.5, 0.6) is 5.75 Å². The highest BCUT2D eigenvalue weighted by Gasteiger charge is 2.35. The molecular formula is C17H16FN3O3S. The lowest BCUT2D eigenvalue weighted by molar-refractivity contribution is 0.213. The molecule has 1 aromatic heterocycles. The molecule has 1 atom stereocenters. The Morgan fingerprint density at radius 3 is 2.92 bits per heavy atom. The standard InChI is InChI=1S/C17H16FN3O3S/c1-12-16(3-2-7-20-12)24-15-6-8-21(11-15)25(22,23)17-5-4-14(18)9-13(17)10-19/h2-5,7,9,15H,6,8,11H2,1H3. The molecular weight excluding hydrogens is 345 g/mol. The van der Waals surface area contributed by atoms with Crippen LogP contribution in [0, 0.1) is 24.1 Å². The fourth-order valence-corrected chi connectivity index (χ4v) is 4.35. The Kier molecular flexibility index (Phi) is 4.70. The normalized spacial score (nSPS) is 18.0. The highest BCUT2D eigenvalue weighted by Crippen LogP contribution is 2.27. The molecule has 0 bridgehead atoms. The summed E-state index contributed by atoms with van der Waals surface area (Å²) < 4.78 is 45.9. The summed E-state index contributed by atoms with van der Waals surface area (Å²) in [5, 5.41) is 9.10. The van der Waals surface area contributed by atoms with Crippen molar-refractivity contribution in [2.24, 2.45) is 0 Å². The third-order valence-electron chi connectivity index (χ3n) is 4.04. The van der Waals surface area contributed by atoms with E-state index < -0.39 is 15.8 Å². The van der Waals surface area contributed by atoms with Crippen molar-refractivity contribution in [3.8, 4) is 11.8 Å². The lowest BCUT2D eigenvalue weighted by Crippen LogP contribution is -2.31. The van der Waals surface area contributed by atoms with Crippen LogP contribution in [0.4, 0.5) is 4.39 Å². The number of hydrogen-bond acceptors (Lipinski definition) is 5. The number of aromatic nitrogens is 1. The van der Waals surface area contributed by atoms with Crippen LogP contribution in [0.25, 0.3) is 0 Å². The summed E-state index contributed by atoms with van der Waals surface area (Å²) in [6.07, 6.45) is 1.88. The van der Waals surface area contributed by atoms with E-state index >= 15 is 0 Å². The summed E-state index contributed by atoms with van der Waals surface area (Å²) in [6.45, 7) is 2.25. The molecule has 2 aromatic rings. The molecule has 8 heteroatoms. The molecule has 1 unspecified atom stereocenters. The van der Waals surface area contributed by atoms with Crippen molar-refractivity contribution in [1.82, 2.24) is 9.29 Å². The minimum Gasteiger partial charge on any atom is -0.487 e. The van der Waals surface area contributed by atoms with Gasteiger partial charge in [-0.05, 0) is 43.7 Å². The van der Waals surface area contributed by atoms with Crippen molar-refractivity contribution in [3.05, 3.63) is 53.6 Å². The van der Waals surface area contributed by atoms with Crippen molar-refractivity contribution < 1.29 is 17.5 Å². The molecule has 1 aliphatic heterocycles. The largest absolute Gasteiger partial charge is 0.487 e. The molecule has 0 amide bonds. The van der Waals surface area contributed by atoms with Crippen LogP contribution in [-0.4, -0.2) is 36.9 Å². The number of hydrogen-bond donors (Lipinski definition) is 0. The minimum absolute atomic E-state index is 0.166. The molecule has 0 N–H and O–H groups in total. The van der Waals surface area contributed by atoms with Gasteiger partial charge in [0.05, 0.1) is 17.8 Å². The van der Waals surface area contributed by atoms with Gasteiger partial charge in [-0.3, -0.25) is 4.98 Å². The smallest absolute Gasteiger partial charge is 0.244 e. The second-order valence-electron chi connectivity index (χ2n) is 5.73. The number of rotatable bonds is 4. The van der Waals surface area contributed by atoms with E-state index in [4.69, 9.17) is 10.00 Å². The van der Waals surface area contributed by atoms with E-state index in [0.29, 0.717) is 12.2 Å². The van der Waals surface area contributed by atoms with Crippen LogP contribution in [0.15, 0.2) is 41.4 Å². The first-order chi connectivity index (χ1) is 11.9. The Morgan fingerprint density at radius 2 is 2.20 bits per heavy atom.